The lowest BCUT2D eigenvalue weighted by Crippen LogP contribution is -2.31. The minimum absolute atomic E-state index is 0.125. The molecule has 12 nitrogen and oxygen atoms in total. The monoisotopic (exact) mass is 528 g/mol. The summed E-state index contributed by atoms with van der Waals surface area (Å²) < 4.78 is 55.3. The van der Waals surface area contributed by atoms with Gasteiger partial charge in [0, 0.05) is 12.1 Å². The Morgan fingerprint density at radius 3 is 2.24 bits per heavy atom. The van der Waals surface area contributed by atoms with Crippen molar-refractivity contribution >= 4 is 16.0 Å². The lowest BCUT2D eigenvalue weighted by atomic mass is 10.1. The highest BCUT2D eigenvalue weighted by atomic mass is 32.2. The quantitative estimate of drug-likeness (QED) is 0.344. The molecular weight excluding hydrogens is 503 g/mol. The van der Waals surface area contributed by atoms with Gasteiger partial charge in [-0.15, -0.1) is 10.2 Å². The second-order valence-corrected chi connectivity index (χ2v) is 10.2. The van der Waals surface area contributed by atoms with E-state index in [4.69, 9.17) is 9.47 Å². The largest absolute Gasteiger partial charge is 0.494 e. The van der Waals surface area contributed by atoms with Gasteiger partial charge in [0.25, 0.3) is 0 Å². The smallest absolute Gasteiger partial charge is 0.243 e. The van der Waals surface area contributed by atoms with Crippen LogP contribution >= 0.6 is 0 Å². The van der Waals surface area contributed by atoms with Crippen LogP contribution in [0.1, 0.15) is 31.3 Å². The van der Waals surface area contributed by atoms with Gasteiger partial charge in [-0.2, -0.15) is 0 Å². The van der Waals surface area contributed by atoms with Gasteiger partial charge in [-0.3, -0.25) is 14.3 Å². The summed E-state index contributed by atoms with van der Waals surface area (Å²) >= 11 is 0. The van der Waals surface area contributed by atoms with Crippen molar-refractivity contribution < 1.29 is 22.3 Å². The summed E-state index contributed by atoms with van der Waals surface area (Å²) in [6.07, 6.45) is 5.05. The number of rotatable bonds is 9. The molecular formula is C23H25FN8O4S. The molecule has 194 valence electrons. The Kier molecular flexibility index (Phi) is 7.29. The molecule has 3 heterocycles. The van der Waals surface area contributed by atoms with Crippen LogP contribution in [0.2, 0.25) is 0 Å². The van der Waals surface area contributed by atoms with Crippen molar-refractivity contribution in [3.05, 3.63) is 60.3 Å². The van der Waals surface area contributed by atoms with Gasteiger partial charge < -0.3 is 9.47 Å². The lowest BCUT2D eigenvalue weighted by Gasteiger charge is -2.21. The van der Waals surface area contributed by atoms with E-state index >= 15 is 0 Å². The summed E-state index contributed by atoms with van der Waals surface area (Å²) in [6, 6.07) is 5.12. The van der Waals surface area contributed by atoms with Crippen molar-refractivity contribution in [1.29, 1.82) is 0 Å². The molecule has 14 heteroatoms. The molecule has 0 radical (unpaired) electrons. The predicted octanol–water partition coefficient (Wildman–Crippen LogP) is 2.91. The molecule has 37 heavy (non-hydrogen) atoms. The molecule has 0 spiro atoms. The van der Waals surface area contributed by atoms with Gasteiger partial charge in [0.15, 0.2) is 11.6 Å². The van der Waals surface area contributed by atoms with E-state index in [0.29, 0.717) is 28.6 Å². The van der Waals surface area contributed by atoms with E-state index in [-0.39, 0.29) is 17.6 Å². The number of hydrogen-bond donors (Lipinski definition) is 1. The summed E-state index contributed by atoms with van der Waals surface area (Å²) in [5.41, 5.74) is 1.34. The number of para-hydroxylation sites is 1. The topological polar surface area (TPSA) is 147 Å². The van der Waals surface area contributed by atoms with Crippen LogP contribution < -0.4 is 14.2 Å². The molecule has 0 bridgehead atoms. The number of methoxy groups -OCH3 is 2. The molecule has 0 aliphatic heterocycles. The van der Waals surface area contributed by atoms with E-state index in [9.17, 15) is 12.8 Å². The number of aryl methyl sites for hydroxylation is 1. The van der Waals surface area contributed by atoms with Crippen molar-refractivity contribution in [2.45, 2.75) is 31.9 Å². The van der Waals surface area contributed by atoms with Gasteiger partial charge >= 0.3 is 0 Å². The van der Waals surface area contributed by atoms with Crippen LogP contribution in [0.25, 0.3) is 17.2 Å². The van der Waals surface area contributed by atoms with Crippen molar-refractivity contribution in [3.8, 4) is 28.7 Å². The van der Waals surface area contributed by atoms with Gasteiger partial charge in [-0.05, 0) is 26.0 Å². The van der Waals surface area contributed by atoms with Crippen molar-refractivity contribution in [1.82, 2.24) is 34.7 Å². The molecule has 4 aromatic rings. The number of nitrogens with one attached hydrogen (secondary N) is 1. The molecule has 0 unspecified atom stereocenters. The van der Waals surface area contributed by atoms with E-state index in [0.717, 1.165) is 12.4 Å². The standard InChI is InChI=1S/C23H25FN8O4S/c1-13-9-25-12-17(28-13)22-29-30-23(32(22)20-18(35-4)7-6-8-19(20)36-5)31-37(33,34)15(3)14(2)21-26-10-16(24)11-27-21/h6-12,14-15H,1-5H3,(H,30,31)/t14-,15-/m0/s1. The molecule has 0 aliphatic carbocycles. The molecule has 1 N–H and O–H groups in total. The Bertz CT molecular complexity index is 1490. The van der Waals surface area contributed by atoms with Crippen LogP contribution in [0.3, 0.4) is 0 Å². The van der Waals surface area contributed by atoms with E-state index in [2.05, 4.69) is 34.9 Å². The second-order valence-electron chi connectivity index (χ2n) is 8.14. The molecule has 2 atom stereocenters. The maximum Gasteiger partial charge on any atom is 0.243 e. The van der Waals surface area contributed by atoms with E-state index in [1.165, 1.54) is 31.9 Å². The van der Waals surface area contributed by atoms with Crippen molar-refractivity contribution in [2.24, 2.45) is 0 Å². The van der Waals surface area contributed by atoms with Gasteiger partial charge in [-0.25, -0.2) is 27.8 Å². The Hall–Kier alpha value is -4.20. The Morgan fingerprint density at radius 1 is 1.00 bits per heavy atom. The van der Waals surface area contributed by atoms with E-state index in [1.54, 1.807) is 38.2 Å². The fourth-order valence-electron chi connectivity index (χ4n) is 3.61. The molecule has 0 fully saturated rings. The average molecular weight is 529 g/mol. The third-order valence-corrected chi connectivity index (χ3v) is 7.60. The third kappa shape index (κ3) is 5.18. The Labute approximate surface area is 213 Å². The number of anilines is 1. The number of nitrogens with zero attached hydrogens (tertiary/aromatic N) is 7. The Morgan fingerprint density at radius 2 is 1.65 bits per heavy atom. The zero-order valence-electron chi connectivity index (χ0n) is 20.7. The number of aromatic nitrogens is 7. The molecule has 4 rings (SSSR count). The molecule has 0 amide bonds. The average Bonchev–Trinajstić information content (AvgIpc) is 3.29. The Balaban J connectivity index is 1.83. The summed E-state index contributed by atoms with van der Waals surface area (Å²) in [4.78, 5) is 16.5. The van der Waals surface area contributed by atoms with E-state index < -0.39 is 27.0 Å². The highest BCUT2D eigenvalue weighted by molar-refractivity contribution is 7.93. The fraction of sp³-hybridized carbons (Fsp3) is 0.304. The number of halogens is 1. The van der Waals surface area contributed by atoms with Crippen LogP contribution in [0.4, 0.5) is 10.3 Å². The van der Waals surface area contributed by atoms with Gasteiger partial charge in [0.05, 0.1) is 43.8 Å². The number of hydrogen-bond acceptors (Lipinski definition) is 10. The first-order chi connectivity index (χ1) is 17.7. The van der Waals surface area contributed by atoms with Crippen LogP contribution in [-0.2, 0) is 10.0 Å². The SMILES string of the molecule is COc1cccc(OC)c1-n1c(NS(=O)(=O)[C@@H](C)[C@H](C)c2ncc(F)cn2)nnc1-c1cncc(C)n1. The zero-order chi connectivity index (χ0) is 26.7. The lowest BCUT2D eigenvalue weighted by molar-refractivity contribution is 0.391. The second kappa shape index (κ2) is 10.4. The number of ether oxygens (including phenoxy) is 2. The summed E-state index contributed by atoms with van der Waals surface area (Å²) in [6.45, 7) is 4.90. The van der Waals surface area contributed by atoms with Crippen LogP contribution in [0, 0.1) is 12.7 Å². The van der Waals surface area contributed by atoms with E-state index in [1.807, 2.05) is 0 Å². The van der Waals surface area contributed by atoms with Gasteiger partial charge in [0.2, 0.25) is 16.0 Å². The van der Waals surface area contributed by atoms with Crippen LogP contribution in [0.15, 0.2) is 43.0 Å². The molecule has 1 aromatic carbocycles. The zero-order valence-corrected chi connectivity index (χ0v) is 21.6. The first kappa shape index (κ1) is 25.9. The molecule has 0 aliphatic rings. The highest BCUT2D eigenvalue weighted by Gasteiger charge is 2.32. The van der Waals surface area contributed by atoms with Crippen molar-refractivity contribution in [3.63, 3.8) is 0 Å². The highest BCUT2D eigenvalue weighted by Crippen LogP contribution is 2.37. The molecule has 0 saturated carbocycles. The molecule has 3 aromatic heterocycles. The summed E-state index contributed by atoms with van der Waals surface area (Å²) in [7, 11) is -1.13. The fourth-order valence-corrected chi connectivity index (χ4v) is 4.84. The molecule has 0 saturated heterocycles. The number of benzene rings is 1. The predicted molar refractivity (Wildman–Crippen MR) is 133 cm³/mol. The van der Waals surface area contributed by atoms with Crippen LogP contribution in [0.5, 0.6) is 11.5 Å². The maximum atomic E-state index is 13.5. The number of sulfonamides is 1. The van der Waals surface area contributed by atoms with Crippen molar-refractivity contribution in [2.75, 3.05) is 18.9 Å². The van der Waals surface area contributed by atoms with Gasteiger partial charge in [0.1, 0.15) is 28.7 Å². The summed E-state index contributed by atoms with van der Waals surface area (Å²) in [5, 5.41) is 7.32. The third-order valence-electron chi connectivity index (χ3n) is 5.75. The maximum absolute atomic E-state index is 13.5. The minimum atomic E-state index is -4.08. The van der Waals surface area contributed by atoms with Gasteiger partial charge in [-0.1, -0.05) is 13.0 Å². The first-order valence-electron chi connectivity index (χ1n) is 11.1. The summed E-state index contributed by atoms with van der Waals surface area (Å²) in [5.74, 6) is -0.264. The van der Waals surface area contributed by atoms with Crippen LogP contribution in [-0.4, -0.2) is 62.6 Å². The first-order valence-corrected chi connectivity index (χ1v) is 12.7. The minimum Gasteiger partial charge on any atom is -0.494 e. The normalized spacial score (nSPS) is 13.1.